The van der Waals surface area contributed by atoms with E-state index in [1.54, 1.807) is 12.1 Å². The van der Waals surface area contributed by atoms with Crippen molar-refractivity contribution < 1.29 is 14.6 Å². The van der Waals surface area contributed by atoms with E-state index in [1.807, 2.05) is 30.3 Å². The summed E-state index contributed by atoms with van der Waals surface area (Å²) in [6, 6.07) is 15.3. The lowest BCUT2D eigenvalue weighted by atomic mass is 9.73. The van der Waals surface area contributed by atoms with Crippen LogP contribution in [-0.2, 0) is 4.74 Å². The summed E-state index contributed by atoms with van der Waals surface area (Å²) >= 11 is 0. The molecule has 2 aromatic carbocycles. The lowest BCUT2D eigenvalue weighted by Crippen LogP contribution is -2.29. The molecule has 2 aliphatic rings. The first kappa shape index (κ1) is 20.5. The maximum absolute atomic E-state index is 11.8. The monoisotopic (exact) mass is 422 g/mol. The molecule has 9 heteroatoms. The Morgan fingerprint density at radius 1 is 1.03 bits per heavy atom. The first-order valence-electron chi connectivity index (χ1n) is 9.91. The number of nitro benzene ring substituents is 1. The molecule has 1 aliphatic heterocycles. The molecule has 0 fully saturated rings. The van der Waals surface area contributed by atoms with Crippen molar-refractivity contribution in [1.29, 1.82) is 0 Å². The number of nitrogens with one attached hydrogen (secondary N) is 1. The van der Waals surface area contributed by atoms with E-state index >= 15 is 0 Å². The van der Waals surface area contributed by atoms with Crippen molar-refractivity contribution in [2.24, 2.45) is 10.5 Å². The zero-order chi connectivity index (χ0) is 22.2. The summed E-state index contributed by atoms with van der Waals surface area (Å²) in [7, 11) is 0. The van der Waals surface area contributed by atoms with Crippen LogP contribution in [0.3, 0.4) is 0 Å². The minimum atomic E-state index is -1.30. The highest BCUT2D eigenvalue weighted by Gasteiger charge is 2.51. The van der Waals surface area contributed by atoms with Gasteiger partial charge in [0.2, 0.25) is 0 Å². The Bertz CT molecular complexity index is 1080. The topological polar surface area (TPSA) is 120 Å². The number of benzene rings is 2. The molecule has 0 aromatic heterocycles. The van der Waals surface area contributed by atoms with Crippen LogP contribution in [0.2, 0.25) is 0 Å². The molecule has 1 N–H and O–H groups in total. The van der Waals surface area contributed by atoms with Crippen LogP contribution in [-0.4, -0.2) is 21.8 Å². The van der Waals surface area contributed by atoms with Crippen LogP contribution in [0.1, 0.15) is 38.2 Å². The van der Waals surface area contributed by atoms with Gasteiger partial charge in [-0.3, -0.25) is 25.7 Å². The molecule has 0 saturated carbocycles. The van der Waals surface area contributed by atoms with Crippen molar-refractivity contribution in [1.82, 2.24) is 0 Å². The van der Waals surface area contributed by atoms with Gasteiger partial charge in [-0.05, 0) is 29.5 Å². The second-order valence-corrected chi connectivity index (χ2v) is 8.51. The highest BCUT2D eigenvalue weighted by atomic mass is 16.7. The molecule has 160 valence electrons. The second-order valence-electron chi connectivity index (χ2n) is 8.51. The van der Waals surface area contributed by atoms with Crippen LogP contribution >= 0.6 is 0 Å². The highest BCUT2D eigenvalue weighted by molar-refractivity contribution is 6.04. The number of allylic oxidation sites excluding steroid dienone is 1. The van der Waals surface area contributed by atoms with Crippen LogP contribution in [0.5, 0.6) is 0 Å². The normalized spacial score (nSPS) is 23.2. The van der Waals surface area contributed by atoms with Crippen LogP contribution in [0.25, 0.3) is 0 Å². The maximum atomic E-state index is 11.8. The van der Waals surface area contributed by atoms with Crippen molar-refractivity contribution in [3.05, 3.63) is 91.7 Å². The molecule has 0 saturated heterocycles. The third-order valence-electron chi connectivity index (χ3n) is 5.52. The number of hydrazone groups is 1. The molecular formula is C22H22N4O5. The van der Waals surface area contributed by atoms with Crippen LogP contribution in [0.4, 0.5) is 11.4 Å². The second kappa shape index (κ2) is 7.82. The molecule has 1 heterocycles. The van der Waals surface area contributed by atoms with Crippen LogP contribution in [0, 0.1) is 25.6 Å². The van der Waals surface area contributed by atoms with Crippen molar-refractivity contribution in [2.75, 3.05) is 5.43 Å². The van der Waals surface area contributed by atoms with Gasteiger partial charge < -0.3 is 4.74 Å². The summed E-state index contributed by atoms with van der Waals surface area (Å²) < 4.78 is 5.83. The number of ether oxygens (including phenoxy) is 1. The number of rotatable bonds is 5. The van der Waals surface area contributed by atoms with Crippen LogP contribution in [0.15, 0.2) is 71.0 Å². The van der Waals surface area contributed by atoms with Crippen molar-refractivity contribution in [2.45, 2.75) is 38.8 Å². The number of non-ortho nitro benzene ring substituents is 1. The molecular weight excluding hydrogens is 400 g/mol. The summed E-state index contributed by atoms with van der Waals surface area (Å²) in [6.45, 7) is 4.14. The number of nitrogens with zero attached hydrogens (tertiary/aromatic N) is 3. The minimum absolute atomic E-state index is 0.0704. The molecule has 2 aromatic rings. The first-order chi connectivity index (χ1) is 14.7. The molecule has 0 spiro atoms. The van der Waals surface area contributed by atoms with E-state index in [9.17, 15) is 20.2 Å². The fraction of sp³-hybridized carbons (Fsp3) is 0.318. The minimum Gasteiger partial charge on any atom is -0.433 e. The zero-order valence-electron chi connectivity index (χ0n) is 17.1. The Hall–Kier alpha value is -3.75. The lowest BCUT2D eigenvalue weighted by Gasteiger charge is -2.31. The summed E-state index contributed by atoms with van der Waals surface area (Å²) in [5, 5.41) is 27.5. The van der Waals surface area contributed by atoms with Crippen LogP contribution < -0.4 is 5.43 Å². The smallest absolute Gasteiger partial charge is 0.364 e. The number of anilines is 1. The molecule has 0 radical (unpaired) electrons. The third kappa shape index (κ3) is 4.11. The van der Waals surface area contributed by atoms with Gasteiger partial charge >= 0.3 is 6.23 Å². The number of nitro groups is 2. The van der Waals surface area contributed by atoms with Gasteiger partial charge in [-0.15, -0.1) is 0 Å². The van der Waals surface area contributed by atoms with Gasteiger partial charge in [0.25, 0.3) is 5.69 Å². The standard InChI is InChI=1S/C22H22N4O5/c1-22(2)12-17(24-23-15-6-4-3-5-7-15)20-18(13-22)31-21(26(29)30)19(20)14-8-10-16(11-9-14)25(27)28/h3-11,19,21,23H,12-13H2,1-2H3/b24-17-/t19-,21-/m1/s1. The predicted molar refractivity (Wildman–Crippen MR) is 115 cm³/mol. The number of hydrogen-bond donors (Lipinski definition) is 1. The Morgan fingerprint density at radius 3 is 2.32 bits per heavy atom. The fourth-order valence-corrected chi connectivity index (χ4v) is 4.16. The molecule has 0 unspecified atom stereocenters. The van der Waals surface area contributed by atoms with Crippen molar-refractivity contribution in [3.8, 4) is 0 Å². The fourth-order valence-electron chi connectivity index (χ4n) is 4.16. The van der Waals surface area contributed by atoms with E-state index in [2.05, 4.69) is 24.4 Å². The summed E-state index contributed by atoms with van der Waals surface area (Å²) in [5.74, 6) is -0.131. The molecule has 0 bridgehead atoms. The lowest BCUT2D eigenvalue weighted by molar-refractivity contribution is -0.570. The Labute approximate surface area is 178 Å². The molecule has 31 heavy (non-hydrogen) atoms. The average molecular weight is 422 g/mol. The van der Waals surface area contributed by atoms with E-state index in [4.69, 9.17) is 4.74 Å². The van der Waals surface area contributed by atoms with Crippen molar-refractivity contribution >= 4 is 17.1 Å². The van der Waals surface area contributed by atoms with E-state index in [-0.39, 0.29) is 11.1 Å². The average Bonchev–Trinajstić information content (AvgIpc) is 3.11. The quantitative estimate of drug-likeness (QED) is 0.543. The predicted octanol–water partition coefficient (Wildman–Crippen LogP) is 4.85. The molecule has 1 aliphatic carbocycles. The van der Waals surface area contributed by atoms with E-state index in [0.29, 0.717) is 35.4 Å². The Balaban J connectivity index is 1.77. The van der Waals surface area contributed by atoms with Gasteiger partial charge in [0, 0.05) is 24.1 Å². The van der Waals surface area contributed by atoms with E-state index < -0.39 is 22.0 Å². The van der Waals surface area contributed by atoms with E-state index in [1.165, 1.54) is 12.1 Å². The Kier molecular flexibility index (Phi) is 5.18. The number of hydrogen-bond acceptors (Lipinski definition) is 7. The summed E-state index contributed by atoms with van der Waals surface area (Å²) in [5.41, 5.74) is 5.57. The SMILES string of the molecule is CC1(C)CC2=C(/C(=N\Nc3ccccc3)C1)[C@@H](c1ccc([N+](=O)[O-])cc1)[C@H]([N+](=O)[O-])O2. The van der Waals surface area contributed by atoms with Gasteiger partial charge in [-0.1, -0.05) is 44.2 Å². The van der Waals surface area contributed by atoms with E-state index in [0.717, 1.165) is 5.69 Å². The van der Waals surface area contributed by atoms with Gasteiger partial charge in [-0.25, -0.2) is 0 Å². The maximum Gasteiger partial charge on any atom is 0.364 e. The molecule has 0 amide bonds. The third-order valence-corrected chi connectivity index (χ3v) is 5.52. The Morgan fingerprint density at radius 2 is 1.71 bits per heavy atom. The van der Waals surface area contributed by atoms with Gasteiger partial charge in [0.05, 0.1) is 21.2 Å². The zero-order valence-corrected chi connectivity index (χ0v) is 17.1. The number of para-hydroxylation sites is 1. The van der Waals surface area contributed by atoms with Crippen molar-refractivity contribution in [3.63, 3.8) is 0 Å². The van der Waals surface area contributed by atoms with Gasteiger partial charge in [-0.2, -0.15) is 5.10 Å². The van der Waals surface area contributed by atoms with Gasteiger partial charge in [0.15, 0.2) is 0 Å². The first-order valence-corrected chi connectivity index (χ1v) is 9.91. The summed E-state index contributed by atoms with van der Waals surface area (Å²) in [6.07, 6.45) is -0.133. The molecule has 4 rings (SSSR count). The molecule has 2 atom stereocenters. The largest absolute Gasteiger partial charge is 0.433 e. The van der Waals surface area contributed by atoms with Gasteiger partial charge in [0.1, 0.15) is 11.7 Å². The summed E-state index contributed by atoms with van der Waals surface area (Å²) in [4.78, 5) is 21.9. The highest BCUT2D eigenvalue weighted by Crippen LogP contribution is 2.49. The molecule has 9 nitrogen and oxygen atoms in total.